The summed E-state index contributed by atoms with van der Waals surface area (Å²) in [6, 6.07) is 4.47. The third-order valence-corrected chi connectivity index (χ3v) is 5.61. The maximum Gasteiger partial charge on any atom is 0.225 e. The van der Waals surface area contributed by atoms with Gasteiger partial charge < -0.3 is 9.64 Å². The summed E-state index contributed by atoms with van der Waals surface area (Å²) in [4.78, 5) is 21.3. The van der Waals surface area contributed by atoms with Gasteiger partial charge in [-0.2, -0.15) is 0 Å². The van der Waals surface area contributed by atoms with Crippen LogP contribution in [0.4, 0.5) is 0 Å². The summed E-state index contributed by atoms with van der Waals surface area (Å²) in [5, 5.41) is 0. The highest BCUT2D eigenvalue weighted by molar-refractivity contribution is 5.81. The number of piperidine rings is 1. The molecule has 0 spiro atoms. The molecule has 2 saturated heterocycles. The topological polar surface area (TPSA) is 45.7 Å². The maximum atomic E-state index is 12.6. The highest BCUT2D eigenvalue weighted by Gasteiger charge is 2.48. The van der Waals surface area contributed by atoms with Gasteiger partial charge in [-0.05, 0) is 37.0 Å². The minimum atomic E-state index is 0.283. The molecule has 3 heterocycles. The van der Waals surface area contributed by atoms with Crippen LogP contribution < -0.4 is 0 Å². The van der Waals surface area contributed by atoms with Gasteiger partial charge in [-0.15, -0.1) is 0 Å². The highest BCUT2D eigenvalue weighted by atomic mass is 16.5. The zero-order chi connectivity index (χ0) is 15.8. The average Bonchev–Trinajstić information content (AvgIpc) is 3.34. The highest BCUT2D eigenvalue weighted by Crippen LogP contribution is 2.38. The SMILES string of the molecule is CO[C@H]1CCN(C(=O)C2CC2)[C@@H]2CN(Cc3ccncc3)C[C@H]12. The van der Waals surface area contributed by atoms with Gasteiger partial charge in [0.1, 0.15) is 0 Å². The molecule has 0 radical (unpaired) electrons. The molecule has 3 fully saturated rings. The van der Waals surface area contributed by atoms with E-state index in [2.05, 4.69) is 26.9 Å². The first kappa shape index (κ1) is 15.1. The third kappa shape index (κ3) is 3.00. The van der Waals surface area contributed by atoms with Gasteiger partial charge in [0.2, 0.25) is 5.91 Å². The molecule has 0 N–H and O–H groups in total. The normalized spacial score (nSPS) is 31.2. The Kier molecular flexibility index (Phi) is 4.07. The van der Waals surface area contributed by atoms with Crippen molar-refractivity contribution < 1.29 is 9.53 Å². The second-order valence-corrected chi connectivity index (χ2v) is 7.15. The minimum Gasteiger partial charge on any atom is -0.381 e. The number of methoxy groups -OCH3 is 1. The number of amides is 1. The lowest BCUT2D eigenvalue weighted by Gasteiger charge is -2.41. The fourth-order valence-corrected chi connectivity index (χ4v) is 4.24. The van der Waals surface area contributed by atoms with Gasteiger partial charge >= 0.3 is 0 Å². The number of hydrogen-bond donors (Lipinski definition) is 0. The molecule has 3 aliphatic rings. The van der Waals surface area contributed by atoms with Crippen molar-refractivity contribution in [3.8, 4) is 0 Å². The van der Waals surface area contributed by atoms with Crippen LogP contribution in [0.15, 0.2) is 24.5 Å². The van der Waals surface area contributed by atoms with Crippen molar-refractivity contribution in [1.29, 1.82) is 0 Å². The Bertz CT molecular complexity index is 561. The molecular formula is C18H25N3O2. The summed E-state index contributed by atoms with van der Waals surface area (Å²) < 4.78 is 5.73. The van der Waals surface area contributed by atoms with E-state index >= 15 is 0 Å². The van der Waals surface area contributed by atoms with Crippen LogP contribution in [0, 0.1) is 11.8 Å². The molecule has 1 saturated carbocycles. The number of ether oxygens (including phenoxy) is 1. The molecule has 2 aliphatic heterocycles. The molecule has 1 aromatic heterocycles. The number of carbonyl (C=O) groups is 1. The van der Waals surface area contributed by atoms with E-state index in [0.29, 0.717) is 23.8 Å². The number of nitrogens with zero attached hydrogens (tertiary/aromatic N) is 3. The number of aromatic nitrogens is 1. The molecule has 124 valence electrons. The van der Waals surface area contributed by atoms with E-state index in [1.807, 2.05) is 19.5 Å². The van der Waals surface area contributed by atoms with Gasteiger partial charge in [-0.25, -0.2) is 0 Å². The Morgan fingerprint density at radius 1 is 1.26 bits per heavy atom. The summed E-state index contributed by atoms with van der Waals surface area (Å²) in [5.41, 5.74) is 1.28. The molecule has 23 heavy (non-hydrogen) atoms. The van der Waals surface area contributed by atoms with Gasteiger partial charge in [0, 0.05) is 57.5 Å². The first-order valence-corrected chi connectivity index (χ1v) is 8.71. The third-order valence-electron chi connectivity index (χ3n) is 5.61. The van der Waals surface area contributed by atoms with Crippen LogP contribution in [-0.4, -0.2) is 59.6 Å². The Morgan fingerprint density at radius 3 is 2.74 bits per heavy atom. The molecule has 0 bridgehead atoms. The number of rotatable bonds is 4. The fraction of sp³-hybridized carbons (Fsp3) is 0.667. The number of pyridine rings is 1. The van der Waals surface area contributed by atoms with E-state index in [1.54, 1.807) is 0 Å². The van der Waals surface area contributed by atoms with Crippen molar-refractivity contribution >= 4 is 5.91 Å². The smallest absolute Gasteiger partial charge is 0.225 e. The van der Waals surface area contributed by atoms with Gasteiger partial charge in [0.25, 0.3) is 0 Å². The largest absolute Gasteiger partial charge is 0.381 e. The van der Waals surface area contributed by atoms with Crippen molar-refractivity contribution in [3.05, 3.63) is 30.1 Å². The molecule has 0 unspecified atom stereocenters. The molecule has 5 heteroatoms. The maximum absolute atomic E-state index is 12.6. The Balaban J connectivity index is 1.48. The van der Waals surface area contributed by atoms with Gasteiger partial charge in [0.05, 0.1) is 12.1 Å². The molecule has 0 aromatic carbocycles. The van der Waals surface area contributed by atoms with E-state index < -0.39 is 0 Å². The predicted octanol–water partition coefficient (Wildman–Crippen LogP) is 1.54. The molecule has 1 aromatic rings. The summed E-state index contributed by atoms with van der Waals surface area (Å²) in [7, 11) is 1.81. The van der Waals surface area contributed by atoms with Crippen LogP contribution >= 0.6 is 0 Å². The predicted molar refractivity (Wildman–Crippen MR) is 86.6 cm³/mol. The zero-order valence-electron chi connectivity index (χ0n) is 13.7. The molecule has 1 amide bonds. The Morgan fingerprint density at radius 2 is 2.04 bits per heavy atom. The van der Waals surface area contributed by atoms with Crippen LogP contribution in [0.1, 0.15) is 24.8 Å². The molecule has 4 rings (SSSR count). The van der Waals surface area contributed by atoms with Crippen molar-refractivity contribution in [2.24, 2.45) is 11.8 Å². The lowest BCUT2D eigenvalue weighted by molar-refractivity contribution is -0.140. The number of carbonyl (C=O) groups excluding carboxylic acids is 1. The number of fused-ring (bicyclic) bond motifs is 1. The quantitative estimate of drug-likeness (QED) is 0.845. The lowest BCUT2D eigenvalue weighted by Crippen LogP contribution is -2.54. The standard InChI is InChI=1S/C18H25N3O2/c1-23-17-6-9-21(18(22)14-2-3-14)16-12-20(11-15(16)17)10-13-4-7-19-8-5-13/h4-5,7-8,14-17H,2-3,6,9-12H2,1H3/t15-,16+,17-/m0/s1. The van der Waals surface area contributed by atoms with Crippen LogP contribution in [0.5, 0.6) is 0 Å². The van der Waals surface area contributed by atoms with Crippen molar-refractivity contribution in [3.63, 3.8) is 0 Å². The summed E-state index contributed by atoms with van der Waals surface area (Å²) in [6.45, 7) is 3.76. The van der Waals surface area contributed by atoms with Crippen LogP contribution in [-0.2, 0) is 16.1 Å². The Labute approximate surface area is 137 Å². The van der Waals surface area contributed by atoms with Gasteiger partial charge in [0.15, 0.2) is 0 Å². The van der Waals surface area contributed by atoms with E-state index in [0.717, 1.165) is 45.4 Å². The molecule has 3 atom stereocenters. The van der Waals surface area contributed by atoms with E-state index in [-0.39, 0.29) is 6.10 Å². The van der Waals surface area contributed by atoms with Crippen molar-refractivity contribution in [2.45, 2.75) is 38.0 Å². The second-order valence-electron chi connectivity index (χ2n) is 7.15. The number of likely N-dealkylation sites (tertiary alicyclic amines) is 2. The van der Waals surface area contributed by atoms with Crippen LogP contribution in [0.2, 0.25) is 0 Å². The minimum absolute atomic E-state index is 0.283. The van der Waals surface area contributed by atoms with E-state index in [1.165, 1.54) is 5.56 Å². The van der Waals surface area contributed by atoms with Crippen LogP contribution in [0.25, 0.3) is 0 Å². The van der Waals surface area contributed by atoms with Crippen molar-refractivity contribution in [1.82, 2.24) is 14.8 Å². The zero-order valence-corrected chi connectivity index (χ0v) is 13.7. The van der Waals surface area contributed by atoms with Crippen LogP contribution in [0.3, 0.4) is 0 Å². The van der Waals surface area contributed by atoms with Gasteiger partial charge in [-0.3, -0.25) is 14.7 Å². The summed E-state index contributed by atoms with van der Waals surface area (Å²) in [5.74, 6) is 1.14. The molecule has 1 aliphatic carbocycles. The van der Waals surface area contributed by atoms with E-state index in [9.17, 15) is 4.79 Å². The fourth-order valence-electron chi connectivity index (χ4n) is 4.24. The van der Waals surface area contributed by atoms with E-state index in [4.69, 9.17) is 4.74 Å². The monoisotopic (exact) mass is 315 g/mol. The van der Waals surface area contributed by atoms with Gasteiger partial charge in [-0.1, -0.05) is 0 Å². The molecule has 5 nitrogen and oxygen atoms in total. The average molecular weight is 315 g/mol. The first-order valence-electron chi connectivity index (χ1n) is 8.71. The summed E-state index contributed by atoms with van der Waals surface area (Å²) in [6.07, 6.45) is 7.12. The lowest BCUT2D eigenvalue weighted by atomic mass is 9.88. The number of hydrogen-bond acceptors (Lipinski definition) is 4. The Hall–Kier alpha value is -1.46. The van der Waals surface area contributed by atoms with Crippen molar-refractivity contribution in [2.75, 3.05) is 26.7 Å². The molecular weight excluding hydrogens is 290 g/mol. The second kappa shape index (κ2) is 6.21. The first-order chi connectivity index (χ1) is 11.3. The summed E-state index contributed by atoms with van der Waals surface area (Å²) >= 11 is 0.